The van der Waals surface area contributed by atoms with Gasteiger partial charge in [-0.25, -0.2) is 9.67 Å². The second kappa shape index (κ2) is 10.3. The van der Waals surface area contributed by atoms with Crippen molar-refractivity contribution in [3.05, 3.63) is 90.8 Å². The van der Waals surface area contributed by atoms with E-state index in [0.717, 1.165) is 37.1 Å². The minimum Gasteiger partial charge on any atom is -0.489 e. The summed E-state index contributed by atoms with van der Waals surface area (Å²) in [5.74, 6) is 0.858. The minimum atomic E-state index is -0.406. The Kier molecular flexibility index (Phi) is 6.63. The number of amides is 1. The van der Waals surface area contributed by atoms with Crippen LogP contribution >= 0.6 is 0 Å². The van der Waals surface area contributed by atoms with Crippen molar-refractivity contribution in [2.24, 2.45) is 0 Å². The summed E-state index contributed by atoms with van der Waals surface area (Å²) in [5, 5.41) is 7.45. The van der Waals surface area contributed by atoms with E-state index in [4.69, 9.17) is 9.47 Å². The van der Waals surface area contributed by atoms with Gasteiger partial charge in [-0.3, -0.25) is 4.79 Å². The van der Waals surface area contributed by atoms with E-state index in [2.05, 4.69) is 15.4 Å². The highest BCUT2D eigenvalue weighted by atomic mass is 16.5. The van der Waals surface area contributed by atoms with E-state index in [1.807, 2.05) is 78.9 Å². The molecule has 4 aromatic rings. The van der Waals surface area contributed by atoms with Crippen molar-refractivity contribution in [3.8, 4) is 22.8 Å². The fourth-order valence-corrected chi connectivity index (χ4v) is 3.93. The van der Waals surface area contributed by atoms with E-state index >= 15 is 0 Å². The van der Waals surface area contributed by atoms with Crippen LogP contribution in [-0.2, 0) is 4.74 Å². The Hall–Kier alpha value is -3.97. The molecule has 172 valence electrons. The maximum absolute atomic E-state index is 13.2. The Morgan fingerprint density at radius 1 is 0.971 bits per heavy atom. The molecule has 0 bridgehead atoms. The summed E-state index contributed by atoms with van der Waals surface area (Å²) in [6.45, 7) is 1.22. The predicted molar refractivity (Wildman–Crippen MR) is 130 cm³/mol. The lowest BCUT2D eigenvalue weighted by atomic mass is 10.1. The molecular weight excluding hydrogens is 428 g/mol. The number of para-hydroxylation sites is 3. The van der Waals surface area contributed by atoms with Gasteiger partial charge in [0.25, 0.3) is 5.91 Å². The minimum absolute atomic E-state index is 0.0770. The SMILES string of the molecule is O=C(Nc1ccccc1OCC1CCCCO1)c1nc(-c2ccccc2)n(-c2ccccc2)n1. The van der Waals surface area contributed by atoms with Gasteiger partial charge in [0, 0.05) is 12.2 Å². The molecule has 0 saturated carbocycles. The van der Waals surface area contributed by atoms with Gasteiger partial charge in [0.1, 0.15) is 12.4 Å². The number of nitrogens with zero attached hydrogens (tertiary/aromatic N) is 3. The van der Waals surface area contributed by atoms with Crippen molar-refractivity contribution < 1.29 is 14.3 Å². The molecule has 1 amide bonds. The zero-order chi connectivity index (χ0) is 23.2. The van der Waals surface area contributed by atoms with Crippen LogP contribution in [0.2, 0.25) is 0 Å². The summed E-state index contributed by atoms with van der Waals surface area (Å²) in [5.41, 5.74) is 2.26. The molecule has 1 N–H and O–H groups in total. The quantitative estimate of drug-likeness (QED) is 0.419. The first-order chi connectivity index (χ1) is 16.8. The van der Waals surface area contributed by atoms with Crippen LogP contribution in [0, 0.1) is 0 Å². The molecule has 1 unspecified atom stereocenters. The number of nitrogens with one attached hydrogen (secondary N) is 1. The first-order valence-corrected chi connectivity index (χ1v) is 11.5. The molecule has 1 aliphatic rings. The van der Waals surface area contributed by atoms with Crippen molar-refractivity contribution >= 4 is 11.6 Å². The lowest BCUT2D eigenvalue weighted by molar-refractivity contribution is -0.0109. The molecule has 1 aromatic heterocycles. The number of hydrogen-bond acceptors (Lipinski definition) is 5. The van der Waals surface area contributed by atoms with Gasteiger partial charge in [-0.1, -0.05) is 60.7 Å². The van der Waals surface area contributed by atoms with Gasteiger partial charge in [-0.15, -0.1) is 5.10 Å². The number of rotatable bonds is 7. The van der Waals surface area contributed by atoms with E-state index in [-0.39, 0.29) is 11.9 Å². The van der Waals surface area contributed by atoms with Gasteiger partial charge in [-0.2, -0.15) is 0 Å². The molecule has 0 spiro atoms. The van der Waals surface area contributed by atoms with Gasteiger partial charge in [-0.05, 0) is 43.5 Å². The Morgan fingerprint density at radius 2 is 1.71 bits per heavy atom. The van der Waals surface area contributed by atoms with Crippen molar-refractivity contribution in [3.63, 3.8) is 0 Å². The zero-order valence-electron chi connectivity index (χ0n) is 18.8. The molecule has 3 aromatic carbocycles. The lowest BCUT2D eigenvalue weighted by Crippen LogP contribution is -2.26. The number of benzene rings is 3. The number of hydrogen-bond donors (Lipinski definition) is 1. The van der Waals surface area contributed by atoms with E-state index < -0.39 is 5.91 Å². The third-order valence-corrected chi connectivity index (χ3v) is 5.68. The molecule has 7 heteroatoms. The maximum Gasteiger partial charge on any atom is 0.295 e. The molecule has 5 rings (SSSR count). The molecule has 2 heterocycles. The van der Waals surface area contributed by atoms with Crippen molar-refractivity contribution in [1.29, 1.82) is 0 Å². The van der Waals surface area contributed by atoms with Gasteiger partial charge < -0.3 is 14.8 Å². The zero-order valence-corrected chi connectivity index (χ0v) is 18.8. The average molecular weight is 455 g/mol. The van der Waals surface area contributed by atoms with Crippen LogP contribution in [-0.4, -0.2) is 40.0 Å². The van der Waals surface area contributed by atoms with Crippen LogP contribution in [0.1, 0.15) is 29.9 Å². The number of carbonyl (C=O) groups excluding carboxylic acids is 1. The Morgan fingerprint density at radius 3 is 2.47 bits per heavy atom. The van der Waals surface area contributed by atoms with Crippen LogP contribution in [0.15, 0.2) is 84.9 Å². The second-order valence-corrected chi connectivity index (χ2v) is 8.12. The molecule has 0 radical (unpaired) electrons. The highest BCUT2D eigenvalue weighted by Gasteiger charge is 2.20. The Labute approximate surface area is 198 Å². The highest BCUT2D eigenvalue weighted by Crippen LogP contribution is 2.26. The fraction of sp³-hybridized carbons (Fsp3) is 0.222. The van der Waals surface area contributed by atoms with E-state index in [1.54, 1.807) is 10.7 Å². The summed E-state index contributed by atoms with van der Waals surface area (Å²) < 4.78 is 13.4. The van der Waals surface area contributed by atoms with Gasteiger partial charge in [0.05, 0.1) is 17.5 Å². The lowest BCUT2D eigenvalue weighted by Gasteiger charge is -2.23. The van der Waals surface area contributed by atoms with E-state index in [1.165, 1.54) is 0 Å². The van der Waals surface area contributed by atoms with Crippen LogP contribution < -0.4 is 10.1 Å². The summed E-state index contributed by atoms with van der Waals surface area (Å²) in [6, 6.07) is 26.7. The number of carbonyl (C=O) groups is 1. The van der Waals surface area contributed by atoms with E-state index in [0.29, 0.717) is 23.9 Å². The fourth-order valence-electron chi connectivity index (χ4n) is 3.93. The highest BCUT2D eigenvalue weighted by molar-refractivity contribution is 6.02. The predicted octanol–water partition coefficient (Wildman–Crippen LogP) is 5.13. The standard InChI is InChI=1S/C27H26N4O3/c32-27(28-23-16-7-8-17-24(23)34-19-22-15-9-10-18-33-22)25-29-26(20-11-3-1-4-12-20)31(30-25)21-13-5-2-6-14-21/h1-8,11-14,16-17,22H,9-10,15,18-19H2,(H,28,32). The normalized spacial score (nSPS) is 15.6. The monoisotopic (exact) mass is 454 g/mol. The molecule has 7 nitrogen and oxygen atoms in total. The molecule has 1 aliphatic heterocycles. The number of anilines is 1. The van der Waals surface area contributed by atoms with Crippen LogP contribution in [0.4, 0.5) is 5.69 Å². The Balaban J connectivity index is 1.39. The molecular formula is C27H26N4O3. The first-order valence-electron chi connectivity index (χ1n) is 11.5. The third kappa shape index (κ3) is 5.00. The average Bonchev–Trinajstić information content (AvgIpc) is 3.36. The summed E-state index contributed by atoms with van der Waals surface area (Å²) in [6.07, 6.45) is 3.30. The molecule has 1 fully saturated rings. The largest absolute Gasteiger partial charge is 0.489 e. The number of aromatic nitrogens is 3. The van der Waals surface area contributed by atoms with E-state index in [9.17, 15) is 4.79 Å². The van der Waals surface area contributed by atoms with Crippen molar-refractivity contribution in [2.75, 3.05) is 18.5 Å². The maximum atomic E-state index is 13.2. The van der Waals surface area contributed by atoms with Crippen molar-refractivity contribution in [1.82, 2.24) is 14.8 Å². The molecule has 1 saturated heterocycles. The van der Waals surface area contributed by atoms with Crippen LogP contribution in [0.5, 0.6) is 5.75 Å². The smallest absolute Gasteiger partial charge is 0.295 e. The van der Waals surface area contributed by atoms with Crippen LogP contribution in [0.25, 0.3) is 17.1 Å². The molecule has 34 heavy (non-hydrogen) atoms. The number of ether oxygens (including phenoxy) is 2. The summed E-state index contributed by atoms with van der Waals surface area (Å²) in [7, 11) is 0. The van der Waals surface area contributed by atoms with Crippen LogP contribution in [0.3, 0.4) is 0 Å². The third-order valence-electron chi connectivity index (χ3n) is 5.68. The van der Waals surface area contributed by atoms with Crippen molar-refractivity contribution in [2.45, 2.75) is 25.4 Å². The van der Waals surface area contributed by atoms with Gasteiger partial charge in [0.15, 0.2) is 5.82 Å². The topological polar surface area (TPSA) is 78.3 Å². The van der Waals surface area contributed by atoms with Gasteiger partial charge >= 0.3 is 0 Å². The second-order valence-electron chi connectivity index (χ2n) is 8.12. The molecule has 0 aliphatic carbocycles. The molecule has 1 atom stereocenters. The summed E-state index contributed by atoms with van der Waals surface area (Å²) >= 11 is 0. The van der Waals surface area contributed by atoms with Gasteiger partial charge in [0.2, 0.25) is 5.82 Å². The first kappa shape index (κ1) is 21.9. The Bertz CT molecular complexity index is 1180. The summed E-state index contributed by atoms with van der Waals surface area (Å²) in [4.78, 5) is 17.8.